The van der Waals surface area contributed by atoms with Crippen molar-refractivity contribution in [3.63, 3.8) is 0 Å². The van der Waals surface area contributed by atoms with Gasteiger partial charge < -0.3 is 24.8 Å². The second-order valence-corrected chi connectivity index (χ2v) is 17.8. The first kappa shape index (κ1) is 59.3. The van der Waals surface area contributed by atoms with Gasteiger partial charge in [-0.05, 0) is 22.3 Å². The third-order valence-corrected chi connectivity index (χ3v) is 11.1. The SMILES string of the molecule is C[Si]C.C[Si]C.[Cl-].[Cl-].[Hf].[Hf].c1ccc(-c2cccc3[cH-]ccc23)cc1.c1ccc(-c2cccc3[cH-]ccc23)cc1.c1ccc(-c2cccc3[cH-]ccc23)cc1.c1ccc(-c2cccc3[cH-]ccc23)cc1. The number of rotatable bonds is 4. The normalized spacial score (nSPS) is 9.66. The van der Waals surface area contributed by atoms with Gasteiger partial charge in [-0.2, -0.15) is 48.5 Å². The Kier molecular flexibility index (Phi) is 27.1. The fourth-order valence-electron chi connectivity index (χ4n) is 8.13. The maximum absolute atomic E-state index is 2.18. The standard InChI is InChI=1S/4C15H11.2C2H6Si.2ClH.2Hf/c4*1-2-6-12(7-3-1)14-10-4-8-13-9-5-11-15(13)14;2*1-3-2;;;;/h4*1-11H;2*1-2H3;2*1H;;/q4*-1;;;;;;/p-2. The predicted octanol–water partition coefficient (Wildman–Crippen LogP) is 12.5. The van der Waals surface area contributed by atoms with Crippen LogP contribution >= 0.6 is 0 Å². The first-order valence-corrected chi connectivity index (χ1v) is 26.6. The summed E-state index contributed by atoms with van der Waals surface area (Å²) in [6.07, 6.45) is 0. The van der Waals surface area contributed by atoms with Crippen molar-refractivity contribution in [2.24, 2.45) is 0 Å². The molecule has 0 saturated carbocycles. The van der Waals surface area contributed by atoms with Crippen LogP contribution in [0.3, 0.4) is 0 Å². The molecular weight excluding hydrogens is 1250 g/mol. The van der Waals surface area contributed by atoms with Gasteiger partial charge in [0, 0.05) is 70.7 Å². The minimum atomic E-state index is 0. The fraction of sp³-hybridized carbons (Fsp3) is 0.0625. The van der Waals surface area contributed by atoms with Crippen LogP contribution in [-0.4, -0.2) is 19.0 Å². The molecule has 0 unspecified atom stereocenters. The molecule has 0 spiro atoms. The molecule has 0 aliphatic carbocycles. The molecule has 70 heavy (non-hydrogen) atoms. The summed E-state index contributed by atoms with van der Waals surface area (Å²) in [5, 5.41) is 10.6. The van der Waals surface area contributed by atoms with Crippen LogP contribution in [0.2, 0.25) is 26.2 Å². The Balaban J connectivity index is 0.000000233. The molecular formula is C64H56Cl2Hf2Si2-6. The molecule has 0 nitrogen and oxygen atoms in total. The van der Waals surface area contributed by atoms with Crippen LogP contribution in [0.15, 0.2) is 267 Å². The molecule has 12 rings (SSSR count). The van der Waals surface area contributed by atoms with Crippen LogP contribution < -0.4 is 24.8 Å². The third-order valence-electron chi connectivity index (χ3n) is 11.1. The molecule has 0 bridgehead atoms. The Hall–Kier alpha value is -5.05. The topological polar surface area (TPSA) is 0 Å². The Labute approximate surface area is 471 Å². The van der Waals surface area contributed by atoms with Gasteiger partial charge in [0.2, 0.25) is 0 Å². The second kappa shape index (κ2) is 32.0. The van der Waals surface area contributed by atoms with Gasteiger partial charge in [0.15, 0.2) is 0 Å². The number of benzene rings is 8. The van der Waals surface area contributed by atoms with E-state index in [0.29, 0.717) is 0 Å². The van der Waals surface area contributed by atoms with Crippen LogP contribution in [0.4, 0.5) is 0 Å². The molecule has 12 aromatic rings. The quantitative estimate of drug-likeness (QED) is 0.122. The van der Waals surface area contributed by atoms with Gasteiger partial charge >= 0.3 is 0 Å². The van der Waals surface area contributed by atoms with E-state index in [1.54, 1.807) is 0 Å². The molecule has 0 heterocycles. The van der Waals surface area contributed by atoms with Crippen molar-refractivity contribution in [2.75, 3.05) is 0 Å². The molecule has 0 saturated heterocycles. The molecule has 0 aromatic heterocycles. The van der Waals surface area contributed by atoms with Crippen LogP contribution in [0.1, 0.15) is 0 Å². The van der Waals surface area contributed by atoms with Crippen molar-refractivity contribution in [3.05, 3.63) is 267 Å². The first-order chi connectivity index (χ1) is 32.6. The summed E-state index contributed by atoms with van der Waals surface area (Å²) in [7, 11) is 2.17. The van der Waals surface area contributed by atoms with E-state index in [-0.39, 0.29) is 76.5 Å². The van der Waals surface area contributed by atoms with E-state index in [2.05, 4.69) is 293 Å². The van der Waals surface area contributed by atoms with Crippen molar-refractivity contribution in [3.8, 4) is 44.5 Å². The van der Waals surface area contributed by atoms with E-state index in [1.165, 1.54) is 87.6 Å². The van der Waals surface area contributed by atoms with Gasteiger partial charge in [-0.25, -0.2) is 0 Å². The summed E-state index contributed by atoms with van der Waals surface area (Å²) >= 11 is 0. The Morgan fingerprint density at radius 3 is 0.614 bits per heavy atom. The zero-order valence-corrected chi connectivity index (χ0v) is 50.9. The Bertz CT molecular complexity index is 2800. The van der Waals surface area contributed by atoms with E-state index < -0.39 is 0 Å². The molecule has 348 valence electrons. The summed E-state index contributed by atoms with van der Waals surface area (Å²) in [4.78, 5) is 0. The summed E-state index contributed by atoms with van der Waals surface area (Å²) in [6.45, 7) is 8.61. The number of hydrogen-bond acceptors (Lipinski definition) is 0. The summed E-state index contributed by atoms with van der Waals surface area (Å²) in [5.41, 5.74) is 10.4. The molecule has 4 radical (unpaired) electrons. The van der Waals surface area contributed by atoms with Gasteiger partial charge in [-0.15, -0.1) is 116 Å². The average molecular weight is 1310 g/mol. The van der Waals surface area contributed by atoms with Gasteiger partial charge in [-0.1, -0.05) is 194 Å². The van der Waals surface area contributed by atoms with Crippen LogP contribution in [0.5, 0.6) is 0 Å². The van der Waals surface area contributed by atoms with Crippen LogP contribution in [0.25, 0.3) is 87.6 Å². The number of fused-ring (bicyclic) bond motifs is 4. The maximum Gasteiger partial charge on any atom is 0.0307 e. The van der Waals surface area contributed by atoms with E-state index in [4.69, 9.17) is 0 Å². The second-order valence-electron chi connectivity index (χ2n) is 15.8. The molecule has 0 aliphatic heterocycles. The monoisotopic (exact) mass is 1310 g/mol. The minimum absolute atomic E-state index is 0. The van der Waals surface area contributed by atoms with Crippen molar-refractivity contribution in [1.82, 2.24) is 0 Å². The molecule has 0 N–H and O–H groups in total. The van der Waals surface area contributed by atoms with E-state index >= 15 is 0 Å². The van der Waals surface area contributed by atoms with E-state index in [9.17, 15) is 0 Å². The Morgan fingerprint density at radius 1 is 0.243 bits per heavy atom. The van der Waals surface area contributed by atoms with Gasteiger partial charge in [0.25, 0.3) is 0 Å². The molecule has 6 heteroatoms. The number of halogens is 2. The van der Waals surface area contributed by atoms with Crippen molar-refractivity contribution < 1.29 is 76.5 Å². The third kappa shape index (κ3) is 16.0. The first-order valence-electron chi connectivity index (χ1n) is 22.6. The largest absolute Gasteiger partial charge is 1.00 e. The predicted molar refractivity (Wildman–Crippen MR) is 295 cm³/mol. The zero-order valence-electron chi connectivity index (χ0n) is 40.2. The molecule has 0 aliphatic rings. The molecule has 0 atom stereocenters. The van der Waals surface area contributed by atoms with E-state index in [1.807, 2.05) is 0 Å². The summed E-state index contributed by atoms with van der Waals surface area (Å²) in [6, 6.07) is 93.6. The van der Waals surface area contributed by atoms with Gasteiger partial charge in [0.1, 0.15) is 0 Å². The molecule has 0 fully saturated rings. The minimum Gasteiger partial charge on any atom is -1.00 e. The van der Waals surface area contributed by atoms with Gasteiger partial charge in [-0.3, -0.25) is 0 Å². The van der Waals surface area contributed by atoms with Crippen molar-refractivity contribution >= 4 is 62.1 Å². The molecule has 0 amide bonds. The zero-order chi connectivity index (χ0) is 45.8. The smallest absolute Gasteiger partial charge is 0.0307 e. The van der Waals surface area contributed by atoms with Crippen LogP contribution in [0, 0.1) is 0 Å². The van der Waals surface area contributed by atoms with E-state index in [0.717, 1.165) is 19.0 Å². The number of hydrogen-bond donors (Lipinski definition) is 0. The van der Waals surface area contributed by atoms with Gasteiger partial charge in [0.05, 0.1) is 0 Å². The molecule has 12 aromatic carbocycles. The van der Waals surface area contributed by atoms with Crippen molar-refractivity contribution in [1.29, 1.82) is 0 Å². The summed E-state index contributed by atoms with van der Waals surface area (Å²) in [5.74, 6) is 0. The van der Waals surface area contributed by atoms with Crippen molar-refractivity contribution in [2.45, 2.75) is 26.2 Å². The Morgan fingerprint density at radius 2 is 0.429 bits per heavy atom. The average Bonchev–Trinajstić information content (AvgIpc) is 4.24. The summed E-state index contributed by atoms with van der Waals surface area (Å²) < 4.78 is 0. The fourth-order valence-corrected chi connectivity index (χ4v) is 8.13. The maximum atomic E-state index is 2.18. The van der Waals surface area contributed by atoms with Crippen LogP contribution in [-0.2, 0) is 51.7 Å².